The number of carbonyl (C=O) groups excluding carboxylic acids is 2. The molecule has 178 valence electrons. The number of aromatic hydroxyl groups is 1. The molecule has 0 unspecified atom stereocenters. The van der Waals surface area contributed by atoms with Crippen LogP contribution in [0.15, 0.2) is 59.5 Å². The van der Waals surface area contributed by atoms with Gasteiger partial charge in [0, 0.05) is 25.2 Å². The number of esters is 1. The number of hydrogen-bond donors (Lipinski definition) is 3. The van der Waals surface area contributed by atoms with Gasteiger partial charge in [0.2, 0.25) is 0 Å². The van der Waals surface area contributed by atoms with E-state index in [1.165, 1.54) is 17.8 Å². The number of para-hydroxylation sites is 2. The van der Waals surface area contributed by atoms with Crippen LogP contribution in [0.3, 0.4) is 0 Å². The van der Waals surface area contributed by atoms with Crippen LogP contribution >= 0.6 is 0 Å². The standard InChI is InChI=1S/C25H27N3O6/c1-4-33-20(29)14-13-17-9-8-12-19(34-18-10-6-5-7-11-18)21(17)26-25(32)27-22-23(30)16(2)15-28(3)24(22)31/h5-12,15,30H,4,13-14H2,1-3H3,(H2,26,27,32). The average molecular weight is 466 g/mol. The summed E-state index contributed by atoms with van der Waals surface area (Å²) in [4.78, 5) is 37.2. The maximum Gasteiger partial charge on any atom is 0.324 e. The van der Waals surface area contributed by atoms with Gasteiger partial charge in [0.1, 0.15) is 11.5 Å². The zero-order valence-electron chi connectivity index (χ0n) is 19.3. The van der Waals surface area contributed by atoms with Crippen LogP contribution < -0.4 is 20.9 Å². The Morgan fingerprint density at radius 2 is 1.74 bits per heavy atom. The van der Waals surface area contributed by atoms with Gasteiger partial charge in [0.05, 0.1) is 12.3 Å². The molecular formula is C25H27N3O6. The SMILES string of the molecule is CCOC(=O)CCc1cccc(Oc2ccccc2)c1NC(=O)Nc1c(O)c(C)cn(C)c1=O. The molecule has 0 saturated heterocycles. The molecule has 2 aromatic carbocycles. The third kappa shape index (κ3) is 5.94. The molecule has 0 saturated carbocycles. The number of benzene rings is 2. The molecule has 3 aromatic rings. The number of carbonyl (C=O) groups is 2. The second-order valence-electron chi connectivity index (χ2n) is 7.54. The van der Waals surface area contributed by atoms with Crippen molar-refractivity contribution in [2.75, 3.05) is 17.2 Å². The molecule has 0 spiro atoms. The Bertz CT molecular complexity index is 1240. The van der Waals surface area contributed by atoms with Crippen LogP contribution in [0.25, 0.3) is 0 Å². The average Bonchev–Trinajstić information content (AvgIpc) is 2.81. The van der Waals surface area contributed by atoms with Gasteiger partial charge in [0.25, 0.3) is 5.56 Å². The van der Waals surface area contributed by atoms with E-state index in [-0.39, 0.29) is 36.9 Å². The molecule has 3 N–H and O–H groups in total. The van der Waals surface area contributed by atoms with Gasteiger partial charge < -0.3 is 24.5 Å². The van der Waals surface area contributed by atoms with Crippen LogP contribution in [0, 0.1) is 6.92 Å². The predicted octanol–water partition coefficient (Wildman–Crippen LogP) is 4.33. The van der Waals surface area contributed by atoms with Crippen molar-refractivity contribution in [1.82, 2.24) is 4.57 Å². The molecule has 3 rings (SSSR count). The van der Waals surface area contributed by atoms with Gasteiger partial charge in [-0.1, -0.05) is 30.3 Å². The molecule has 0 aliphatic rings. The number of rotatable bonds is 8. The fourth-order valence-electron chi connectivity index (χ4n) is 3.35. The Hall–Kier alpha value is -4.27. The molecular weight excluding hydrogens is 438 g/mol. The van der Waals surface area contributed by atoms with Gasteiger partial charge in [-0.25, -0.2) is 4.79 Å². The zero-order chi connectivity index (χ0) is 24.7. The molecule has 1 aromatic heterocycles. The Morgan fingerprint density at radius 3 is 2.44 bits per heavy atom. The first kappa shape index (κ1) is 24.4. The normalized spacial score (nSPS) is 10.4. The third-order valence-electron chi connectivity index (χ3n) is 5.00. The lowest BCUT2D eigenvalue weighted by atomic mass is 10.1. The number of aryl methyl sites for hydroxylation is 3. The Labute approximate surface area is 197 Å². The quantitative estimate of drug-likeness (QED) is 0.426. The first-order valence-electron chi connectivity index (χ1n) is 10.8. The minimum Gasteiger partial charge on any atom is -0.505 e. The van der Waals surface area contributed by atoms with Crippen molar-refractivity contribution in [3.05, 3.63) is 76.2 Å². The lowest BCUT2D eigenvalue weighted by molar-refractivity contribution is -0.143. The van der Waals surface area contributed by atoms with Crippen molar-refractivity contribution in [3.8, 4) is 17.2 Å². The lowest BCUT2D eigenvalue weighted by Gasteiger charge is -2.17. The summed E-state index contributed by atoms with van der Waals surface area (Å²) in [6.07, 6.45) is 1.87. The van der Waals surface area contributed by atoms with Crippen molar-refractivity contribution in [3.63, 3.8) is 0 Å². The van der Waals surface area contributed by atoms with Gasteiger partial charge in [-0.05, 0) is 44.0 Å². The largest absolute Gasteiger partial charge is 0.505 e. The maximum absolute atomic E-state index is 12.9. The van der Waals surface area contributed by atoms with E-state index in [4.69, 9.17) is 9.47 Å². The molecule has 0 fully saturated rings. The molecule has 0 bridgehead atoms. The zero-order valence-corrected chi connectivity index (χ0v) is 19.3. The first-order valence-corrected chi connectivity index (χ1v) is 10.8. The molecule has 0 aliphatic carbocycles. The Balaban J connectivity index is 1.91. The topological polar surface area (TPSA) is 119 Å². The molecule has 34 heavy (non-hydrogen) atoms. The fourth-order valence-corrected chi connectivity index (χ4v) is 3.35. The smallest absolute Gasteiger partial charge is 0.324 e. The second-order valence-corrected chi connectivity index (χ2v) is 7.54. The van der Waals surface area contributed by atoms with E-state index in [1.54, 1.807) is 44.2 Å². The molecule has 2 amide bonds. The highest BCUT2D eigenvalue weighted by Crippen LogP contribution is 2.34. The summed E-state index contributed by atoms with van der Waals surface area (Å²) in [6, 6.07) is 13.5. The Morgan fingerprint density at radius 1 is 1.03 bits per heavy atom. The number of pyridine rings is 1. The summed E-state index contributed by atoms with van der Waals surface area (Å²) < 4.78 is 12.2. The summed E-state index contributed by atoms with van der Waals surface area (Å²) in [5.74, 6) is 0.234. The van der Waals surface area contributed by atoms with Gasteiger partial charge in [-0.15, -0.1) is 0 Å². The molecule has 9 nitrogen and oxygen atoms in total. The van der Waals surface area contributed by atoms with E-state index in [0.29, 0.717) is 28.3 Å². The molecule has 9 heteroatoms. The van der Waals surface area contributed by atoms with Crippen molar-refractivity contribution >= 4 is 23.4 Å². The van der Waals surface area contributed by atoms with Crippen molar-refractivity contribution < 1.29 is 24.2 Å². The Kier molecular flexibility index (Phi) is 7.92. The van der Waals surface area contributed by atoms with E-state index in [9.17, 15) is 19.5 Å². The van der Waals surface area contributed by atoms with E-state index < -0.39 is 11.6 Å². The van der Waals surface area contributed by atoms with E-state index >= 15 is 0 Å². The van der Waals surface area contributed by atoms with E-state index in [1.807, 2.05) is 18.2 Å². The van der Waals surface area contributed by atoms with Crippen molar-refractivity contribution in [2.45, 2.75) is 26.7 Å². The van der Waals surface area contributed by atoms with Crippen LogP contribution in [-0.2, 0) is 23.0 Å². The van der Waals surface area contributed by atoms with Gasteiger partial charge in [0.15, 0.2) is 11.4 Å². The van der Waals surface area contributed by atoms with Gasteiger partial charge in [-0.2, -0.15) is 0 Å². The number of urea groups is 1. The van der Waals surface area contributed by atoms with Gasteiger partial charge >= 0.3 is 12.0 Å². The highest BCUT2D eigenvalue weighted by Gasteiger charge is 2.18. The molecule has 0 radical (unpaired) electrons. The van der Waals surface area contributed by atoms with Gasteiger partial charge in [-0.3, -0.25) is 14.9 Å². The first-order chi connectivity index (χ1) is 16.3. The van der Waals surface area contributed by atoms with Crippen LogP contribution in [0.2, 0.25) is 0 Å². The van der Waals surface area contributed by atoms with Crippen LogP contribution in [0.5, 0.6) is 17.2 Å². The summed E-state index contributed by atoms with van der Waals surface area (Å²) >= 11 is 0. The van der Waals surface area contributed by atoms with Crippen LogP contribution in [0.4, 0.5) is 16.2 Å². The highest BCUT2D eigenvalue weighted by molar-refractivity contribution is 6.02. The summed E-state index contributed by atoms with van der Waals surface area (Å²) in [5, 5.41) is 15.4. The second kappa shape index (κ2) is 11.0. The molecule has 0 atom stereocenters. The third-order valence-corrected chi connectivity index (χ3v) is 5.00. The predicted molar refractivity (Wildman–Crippen MR) is 129 cm³/mol. The number of anilines is 2. The van der Waals surface area contributed by atoms with Crippen molar-refractivity contribution in [1.29, 1.82) is 0 Å². The summed E-state index contributed by atoms with van der Waals surface area (Å²) in [5.41, 5.74) is 0.597. The number of nitrogens with one attached hydrogen (secondary N) is 2. The summed E-state index contributed by atoms with van der Waals surface area (Å²) in [7, 11) is 1.52. The number of hydrogen-bond acceptors (Lipinski definition) is 6. The monoisotopic (exact) mass is 465 g/mol. The van der Waals surface area contributed by atoms with E-state index in [0.717, 1.165) is 0 Å². The fraction of sp³-hybridized carbons (Fsp3) is 0.240. The number of nitrogens with zero attached hydrogens (tertiary/aromatic N) is 1. The summed E-state index contributed by atoms with van der Waals surface area (Å²) in [6.45, 7) is 3.63. The minimum atomic E-state index is -0.750. The van der Waals surface area contributed by atoms with Crippen LogP contribution in [0.1, 0.15) is 24.5 Å². The van der Waals surface area contributed by atoms with Crippen molar-refractivity contribution in [2.24, 2.45) is 7.05 Å². The number of ether oxygens (including phenoxy) is 2. The lowest BCUT2D eigenvalue weighted by Crippen LogP contribution is -2.28. The minimum absolute atomic E-state index is 0.109. The molecule has 0 aliphatic heterocycles. The maximum atomic E-state index is 12.9. The number of aromatic nitrogens is 1. The number of amides is 2. The van der Waals surface area contributed by atoms with Crippen LogP contribution in [-0.4, -0.2) is 28.3 Å². The van der Waals surface area contributed by atoms with E-state index in [2.05, 4.69) is 10.6 Å². The highest BCUT2D eigenvalue weighted by atomic mass is 16.5. The molecule has 1 heterocycles.